The van der Waals surface area contributed by atoms with Gasteiger partial charge in [-0.1, -0.05) is 6.08 Å². The minimum atomic E-state index is 0.0194. The molecule has 4 heteroatoms. The number of carbonyl (C=O) groups is 1. The third-order valence-corrected chi connectivity index (χ3v) is 4.84. The van der Waals surface area contributed by atoms with Crippen LogP contribution < -0.4 is 0 Å². The SMILES string of the molecule is C=CCN1C(=O)CCC[C@]12CCCN(Cc1ccoc1)C2. The smallest absolute Gasteiger partial charge is 0.223 e. The van der Waals surface area contributed by atoms with Crippen molar-refractivity contribution in [1.82, 2.24) is 9.80 Å². The van der Waals surface area contributed by atoms with Gasteiger partial charge in [0, 0.05) is 31.6 Å². The van der Waals surface area contributed by atoms with Gasteiger partial charge in [0.1, 0.15) is 0 Å². The molecule has 0 aromatic carbocycles. The Morgan fingerprint density at radius 2 is 2.24 bits per heavy atom. The molecule has 1 aromatic heterocycles. The van der Waals surface area contributed by atoms with Crippen LogP contribution in [0, 0.1) is 0 Å². The molecule has 2 aliphatic rings. The molecule has 0 bridgehead atoms. The van der Waals surface area contributed by atoms with E-state index in [0.717, 1.165) is 45.3 Å². The molecule has 1 amide bonds. The van der Waals surface area contributed by atoms with Gasteiger partial charge in [-0.15, -0.1) is 6.58 Å². The van der Waals surface area contributed by atoms with Crippen molar-refractivity contribution >= 4 is 5.91 Å². The quantitative estimate of drug-likeness (QED) is 0.799. The number of hydrogen-bond donors (Lipinski definition) is 0. The number of likely N-dealkylation sites (tertiary alicyclic amines) is 2. The van der Waals surface area contributed by atoms with E-state index in [2.05, 4.69) is 16.4 Å². The van der Waals surface area contributed by atoms with Crippen LogP contribution in [-0.4, -0.2) is 40.9 Å². The average molecular weight is 288 g/mol. The van der Waals surface area contributed by atoms with Crippen molar-refractivity contribution in [1.29, 1.82) is 0 Å². The van der Waals surface area contributed by atoms with Crippen molar-refractivity contribution < 1.29 is 9.21 Å². The van der Waals surface area contributed by atoms with Crippen LogP contribution >= 0.6 is 0 Å². The minimum Gasteiger partial charge on any atom is -0.472 e. The van der Waals surface area contributed by atoms with E-state index < -0.39 is 0 Å². The highest BCUT2D eigenvalue weighted by atomic mass is 16.3. The number of amides is 1. The molecule has 2 aliphatic heterocycles. The highest BCUT2D eigenvalue weighted by Crippen LogP contribution is 2.37. The van der Waals surface area contributed by atoms with E-state index in [4.69, 9.17) is 4.42 Å². The zero-order chi connectivity index (χ0) is 14.7. The number of furan rings is 1. The molecule has 0 saturated carbocycles. The summed E-state index contributed by atoms with van der Waals surface area (Å²) in [5, 5.41) is 0. The molecule has 0 aliphatic carbocycles. The average Bonchev–Trinajstić information content (AvgIpc) is 2.96. The van der Waals surface area contributed by atoms with E-state index in [-0.39, 0.29) is 5.54 Å². The van der Waals surface area contributed by atoms with Crippen LogP contribution in [0.15, 0.2) is 35.7 Å². The summed E-state index contributed by atoms with van der Waals surface area (Å²) in [4.78, 5) is 16.9. The Kier molecular flexibility index (Phi) is 4.15. The molecule has 1 aromatic rings. The van der Waals surface area contributed by atoms with Crippen molar-refractivity contribution in [2.75, 3.05) is 19.6 Å². The maximum atomic E-state index is 12.3. The molecular weight excluding hydrogens is 264 g/mol. The molecule has 0 N–H and O–H groups in total. The minimum absolute atomic E-state index is 0.0194. The number of rotatable bonds is 4. The zero-order valence-corrected chi connectivity index (χ0v) is 12.6. The lowest BCUT2D eigenvalue weighted by Crippen LogP contribution is -2.62. The molecule has 21 heavy (non-hydrogen) atoms. The van der Waals surface area contributed by atoms with Crippen molar-refractivity contribution in [2.24, 2.45) is 0 Å². The maximum Gasteiger partial charge on any atom is 0.223 e. The lowest BCUT2D eigenvalue weighted by atomic mass is 9.79. The monoisotopic (exact) mass is 288 g/mol. The van der Waals surface area contributed by atoms with E-state index in [0.29, 0.717) is 18.9 Å². The molecule has 1 spiro atoms. The van der Waals surface area contributed by atoms with Gasteiger partial charge in [0.25, 0.3) is 0 Å². The first-order valence-corrected chi connectivity index (χ1v) is 7.88. The van der Waals surface area contributed by atoms with Gasteiger partial charge < -0.3 is 9.32 Å². The number of piperidine rings is 2. The fourth-order valence-corrected chi connectivity index (χ4v) is 3.93. The molecule has 0 radical (unpaired) electrons. The Bertz CT molecular complexity index is 493. The third kappa shape index (κ3) is 2.91. The Morgan fingerprint density at radius 3 is 3.00 bits per heavy atom. The van der Waals surface area contributed by atoms with Crippen LogP contribution in [0.5, 0.6) is 0 Å². The first-order chi connectivity index (χ1) is 10.2. The summed E-state index contributed by atoms with van der Waals surface area (Å²) in [6.45, 7) is 7.49. The standard InChI is InChI=1S/C17H24N2O2/c1-2-9-19-16(20)5-3-7-17(19)8-4-10-18(14-17)12-15-6-11-21-13-15/h2,6,11,13H,1,3-5,7-10,12,14H2/t17-/m1/s1. The topological polar surface area (TPSA) is 36.7 Å². The molecule has 0 unspecified atom stereocenters. The van der Waals surface area contributed by atoms with Crippen molar-refractivity contribution in [3.05, 3.63) is 36.8 Å². The highest BCUT2D eigenvalue weighted by Gasteiger charge is 2.44. The van der Waals surface area contributed by atoms with Crippen LogP contribution in [0.2, 0.25) is 0 Å². The number of nitrogens with zero attached hydrogens (tertiary/aromatic N) is 2. The first kappa shape index (κ1) is 14.4. The summed E-state index contributed by atoms with van der Waals surface area (Å²) in [6, 6.07) is 2.02. The molecule has 1 atom stereocenters. The van der Waals surface area contributed by atoms with E-state index in [1.807, 2.05) is 18.4 Å². The van der Waals surface area contributed by atoms with Crippen LogP contribution in [0.25, 0.3) is 0 Å². The predicted octanol–water partition coefficient (Wildman–Crippen LogP) is 2.81. The Hall–Kier alpha value is -1.55. The molecule has 3 heterocycles. The molecule has 4 nitrogen and oxygen atoms in total. The summed E-state index contributed by atoms with van der Waals surface area (Å²) < 4.78 is 5.17. The van der Waals surface area contributed by atoms with E-state index >= 15 is 0 Å². The second-order valence-corrected chi connectivity index (χ2v) is 6.32. The maximum absolute atomic E-state index is 12.3. The molecule has 114 valence electrons. The van der Waals surface area contributed by atoms with Gasteiger partial charge in [-0.25, -0.2) is 0 Å². The largest absolute Gasteiger partial charge is 0.472 e. The van der Waals surface area contributed by atoms with Crippen LogP contribution in [0.4, 0.5) is 0 Å². The van der Waals surface area contributed by atoms with Crippen LogP contribution in [0.1, 0.15) is 37.7 Å². The van der Waals surface area contributed by atoms with Gasteiger partial charge in [-0.2, -0.15) is 0 Å². The van der Waals surface area contributed by atoms with E-state index in [1.165, 1.54) is 5.56 Å². The van der Waals surface area contributed by atoms with Gasteiger partial charge in [-0.05, 0) is 38.3 Å². The van der Waals surface area contributed by atoms with Gasteiger partial charge >= 0.3 is 0 Å². The Labute approximate surface area is 126 Å². The van der Waals surface area contributed by atoms with Gasteiger partial charge in [0.2, 0.25) is 5.91 Å². The molecule has 2 saturated heterocycles. The third-order valence-electron chi connectivity index (χ3n) is 4.84. The lowest BCUT2D eigenvalue weighted by molar-refractivity contribution is -0.144. The van der Waals surface area contributed by atoms with Crippen LogP contribution in [-0.2, 0) is 11.3 Å². The lowest BCUT2D eigenvalue weighted by Gasteiger charge is -2.52. The van der Waals surface area contributed by atoms with Crippen molar-refractivity contribution in [3.8, 4) is 0 Å². The number of carbonyl (C=O) groups excluding carboxylic acids is 1. The summed E-state index contributed by atoms with van der Waals surface area (Å²) >= 11 is 0. The number of hydrogen-bond acceptors (Lipinski definition) is 3. The van der Waals surface area contributed by atoms with Crippen molar-refractivity contribution in [3.63, 3.8) is 0 Å². The first-order valence-electron chi connectivity index (χ1n) is 7.88. The highest BCUT2D eigenvalue weighted by molar-refractivity contribution is 5.78. The zero-order valence-electron chi connectivity index (χ0n) is 12.6. The van der Waals surface area contributed by atoms with Crippen LogP contribution in [0.3, 0.4) is 0 Å². The molecular formula is C17H24N2O2. The summed E-state index contributed by atoms with van der Waals surface area (Å²) in [6.07, 6.45) is 10.5. The second kappa shape index (κ2) is 6.06. The van der Waals surface area contributed by atoms with Gasteiger partial charge in [-0.3, -0.25) is 9.69 Å². The summed E-state index contributed by atoms with van der Waals surface area (Å²) in [5.74, 6) is 0.298. The van der Waals surface area contributed by atoms with E-state index in [1.54, 1.807) is 6.26 Å². The van der Waals surface area contributed by atoms with Crippen molar-refractivity contribution in [2.45, 2.75) is 44.2 Å². The summed E-state index contributed by atoms with van der Waals surface area (Å²) in [7, 11) is 0. The summed E-state index contributed by atoms with van der Waals surface area (Å²) in [5.41, 5.74) is 1.23. The van der Waals surface area contributed by atoms with Gasteiger partial charge in [0.15, 0.2) is 0 Å². The Balaban J connectivity index is 1.75. The predicted molar refractivity (Wildman–Crippen MR) is 81.7 cm³/mol. The fraction of sp³-hybridized carbons (Fsp3) is 0.588. The normalized spacial score (nSPS) is 27.2. The molecule has 2 fully saturated rings. The fourth-order valence-electron chi connectivity index (χ4n) is 3.93. The van der Waals surface area contributed by atoms with E-state index in [9.17, 15) is 4.79 Å². The molecule has 3 rings (SSSR count). The second-order valence-electron chi connectivity index (χ2n) is 6.32. The Morgan fingerprint density at radius 1 is 1.38 bits per heavy atom. The van der Waals surface area contributed by atoms with Gasteiger partial charge in [0.05, 0.1) is 18.1 Å².